The van der Waals surface area contributed by atoms with Crippen LogP contribution in [-0.2, 0) is 6.61 Å². The van der Waals surface area contributed by atoms with Gasteiger partial charge >= 0.3 is 0 Å². The van der Waals surface area contributed by atoms with Gasteiger partial charge in [-0.1, -0.05) is 23.7 Å². The maximum absolute atomic E-state index is 12.8. The van der Waals surface area contributed by atoms with Gasteiger partial charge in [0.1, 0.15) is 10.7 Å². The molecule has 8 heteroatoms. The molecule has 0 spiro atoms. The van der Waals surface area contributed by atoms with E-state index in [4.69, 9.17) is 17.3 Å². The van der Waals surface area contributed by atoms with E-state index in [0.29, 0.717) is 15.7 Å². The minimum absolute atomic E-state index is 0.0745. The molecule has 1 aromatic carbocycles. The Hall–Kier alpha value is -2.19. The van der Waals surface area contributed by atoms with E-state index in [1.807, 2.05) is 32.0 Å². The molecule has 0 saturated heterocycles. The fraction of sp³-hybridized carbons (Fsp3) is 0.263. The summed E-state index contributed by atoms with van der Waals surface area (Å²) in [7, 11) is 0. The van der Waals surface area contributed by atoms with Crippen molar-refractivity contribution in [1.82, 2.24) is 15.3 Å². The standard InChI is InChI=1S/C19H21ClN4O2S/c1-10-7-14(12-3-5-13(20)6-4-12)23-17(10)18(26)24-15(8-21)19-22-11(2)16(9-25)27-19/h3-7,15,23,25H,8-9,21H2,1-2H3,(H,24,26). The van der Waals surface area contributed by atoms with E-state index in [9.17, 15) is 9.90 Å². The van der Waals surface area contributed by atoms with Crippen molar-refractivity contribution in [2.75, 3.05) is 6.54 Å². The Morgan fingerprint density at radius 2 is 2.07 bits per heavy atom. The minimum atomic E-state index is -0.414. The van der Waals surface area contributed by atoms with E-state index in [0.717, 1.165) is 27.4 Å². The highest BCUT2D eigenvalue weighted by molar-refractivity contribution is 7.11. The van der Waals surface area contributed by atoms with Gasteiger partial charge in [0, 0.05) is 17.3 Å². The molecule has 0 fully saturated rings. The highest BCUT2D eigenvalue weighted by Crippen LogP contribution is 2.26. The number of aromatic nitrogens is 2. The Morgan fingerprint density at radius 1 is 1.37 bits per heavy atom. The van der Waals surface area contributed by atoms with E-state index in [-0.39, 0.29) is 19.1 Å². The van der Waals surface area contributed by atoms with Crippen molar-refractivity contribution in [1.29, 1.82) is 0 Å². The van der Waals surface area contributed by atoms with Crippen LogP contribution in [0.3, 0.4) is 0 Å². The van der Waals surface area contributed by atoms with Crippen LogP contribution in [0, 0.1) is 13.8 Å². The van der Waals surface area contributed by atoms with Gasteiger partial charge in [0.25, 0.3) is 5.91 Å². The Bertz CT molecular complexity index is 949. The van der Waals surface area contributed by atoms with E-state index in [1.54, 1.807) is 12.1 Å². The first-order chi connectivity index (χ1) is 12.9. The summed E-state index contributed by atoms with van der Waals surface area (Å²) in [6.07, 6.45) is 0. The third kappa shape index (κ3) is 4.22. The number of aliphatic hydroxyl groups excluding tert-OH is 1. The van der Waals surface area contributed by atoms with Crippen LogP contribution in [0.5, 0.6) is 0 Å². The Labute approximate surface area is 166 Å². The number of benzene rings is 1. The second-order valence-corrected chi connectivity index (χ2v) is 7.78. The molecule has 0 saturated carbocycles. The van der Waals surface area contributed by atoms with Gasteiger partial charge < -0.3 is 21.1 Å². The minimum Gasteiger partial charge on any atom is -0.391 e. The monoisotopic (exact) mass is 404 g/mol. The molecule has 0 bridgehead atoms. The Morgan fingerprint density at radius 3 is 2.67 bits per heavy atom. The summed E-state index contributed by atoms with van der Waals surface area (Å²) in [6.45, 7) is 3.84. The summed E-state index contributed by atoms with van der Waals surface area (Å²) < 4.78 is 0. The molecule has 1 atom stereocenters. The van der Waals surface area contributed by atoms with Crippen molar-refractivity contribution in [3.63, 3.8) is 0 Å². The zero-order valence-corrected chi connectivity index (χ0v) is 16.6. The lowest BCUT2D eigenvalue weighted by molar-refractivity contribution is 0.0932. The molecule has 2 heterocycles. The Balaban J connectivity index is 1.81. The quantitative estimate of drug-likeness (QED) is 0.505. The number of aryl methyl sites for hydroxylation is 2. The molecule has 0 aliphatic heterocycles. The number of nitrogens with zero attached hydrogens (tertiary/aromatic N) is 1. The lowest BCUT2D eigenvalue weighted by Crippen LogP contribution is -2.33. The molecular weight excluding hydrogens is 384 g/mol. The van der Waals surface area contributed by atoms with Gasteiger partial charge in [-0.05, 0) is 43.2 Å². The number of hydrogen-bond donors (Lipinski definition) is 4. The first-order valence-corrected chi connectivity index (χ1v) is 9.66. The topological polar surface area (TPSA) is 104 Å². The van der Waals surface area contributed by atoms with Crippen LogP contribution < -0.4 is 11.1 Å². The van der Waals surface area contributed by atoms with Crippen LogP contribution in [0.1, 0.15) is 37.7 Å². The molecule has 5 N–H and O–H groups in total. The smallest absolute Gasteiger partial charge is 0.268 e. The molecule has 1 amide bonds. The number of rotatable bonds is 6. The Kier molecular flexibility index (Phi) is 5.96. The normalized spacial score (nSPS) is 12.2. The third-order valence-corrected chi connectivity index (χ3v) is 5.80. The number of amides is 1. The summed E-state index contributed by atoms with van der Waals surface area (Å²) >= 11 is 7.29. The molecular formula is C19H21ClN4O2S. The zero-order valence-electron chi connectivity index (χ0n) is 15.0. The van der Waals surface area contributed by atoms with Gasteiger partial charge in [0.05, 0.1) is 23.2 Å². The van der Waals surface area contributed by atoms with E-state index in [2.05, 4.69) is 15.3 Å². The highest BCUT2D eigenvalue weighted by atomic mass is 35.5. The van der Waals surface area contributed by atoms with E-state index < -0.39 is 6.04 Å². The van der Waals surface area contributed by atoms with Gasteiger partial charge in [0.2, 0.25) is 0 Å². The van der Waals surface area contributed by atoms with Crippen molar-refractivity contribution >= 4 is 28.8 Å². The molecule has 6 nitrogen and oxygen atoms in total. The zero-order chi connectivity index (χ0) is 19.6. The lowest BCUT2D eigenvalue weighted by atomic mass is 10.1. The number of hydrogen-bond acceptors (Lipinski definition) is 5. The van der Waals surface area contributed by atoms with Crippen LogP contribution in [-0.4, -0.2) is 27.5 Å². The maximum atomic E-state index is 12.8. The number of halogens is 1. The van der Waals surface area contributed by atoms with Crippen molar-refractivity contribution in [3.8, 4) is 11.3 Å². The van der Waals surface area contributed by atoms with Gasteiger partial charge in [-0.2, -0.15) is 0 Å². The summed E-state index contributed by atoms with van der Waals surface area (Å²) in [5.74, 6) is -0.249. The van der Waals surface area contributed by atoms with Crippen LogP contribution in [0.15, 0.2) is 30.3 Å². The van der Waals surface area contributed by atoms with Crippen LogP contribution in [0.25, 0.3) is 11.3 Å². The van der Waals surface area contributed by atoms with Crippen LogP contribution in [0.2, 0.25) is 5.02 Å². The summed E-state index contributed by atoms with van der Waals surface area (Å²) in [4.78, 5) is 21.1. The first kappa shape index (κ1) is 19.6. The number of aromatic amines is 1. The second kappa shape index (κ2) is 8.22. The summed E-state index contributed by atoms with van der Waals surface area (Å²) in [5.41, 5.74) is 9.70. The van der Waals surface area contributed by atoms with Crippen LogP contribution >= 0.6 is 22.9 Å². The average Bonchev–Trinajstić information content (AvgIpc) is 3.22. The molecule has 0 aliphatic rings. The number of nitrogens with one attached hydrogen (secondary N) is 2. The second-order valence-electron chi connectivity index (χ2n) is 6.23. The largest absolute Gasteiger partial charge is 0.391 e. The number of carbonyl (C=O) groups is 1. The molecule has 2 aromatic heterocycles. The fourth-order valence-electron chi connectivity index (χ4n) is 2.78. The molecule has 27 heavy (non-hydrogen) atoms. The number of carbonyl (C=O) groups excluding carboxylic acids is 1. The predicted molar refractivity (Wildman–Crippen MR) is 108 cm³/mol. The van der Waals surface area contributed by atoms with Crippen molar-refractivity contribution in [2.45, 2.75) is 26.5 Å². The average molecular weight is 405 g/mol. The third-order valence-electron chi connectivity index (χ3n) is 4.29. The fourth-order valence-corrected chi connectivity index (χ4v) is 3.89. The molecule has 3 rings (SSSR count). The molecule has 0 radical (unpaired) electrons. The number of H-pyrrole nitrogens is 1. The van der Waals surface area contributed by atoms with Crippen molar-refractivity contribution in [3.05, 3.63) is 62.2 Å². The van der Waals surface area contributed by atoms with Gasteiger partial charge in [-0.3, -0.25) is 4.79 Å². The summed E-state index contributed by atoms with van der Waals surface area (Å²) in [5, 5.41) is 13.6. The molecule has 0 aliphatic carbocycles. The lowest BCUT2D eigenvalue weighted by Gasteiger charge is -2.14. The van der Waals surface area contributed by atoms with E-state index >= 15 is 0 Å². The van der Waals surface area contributed by atoms with Crippen molar-refractivity contribution < 1.29 is 9.90 Å². The van der Waals surface area contributed by atoms with Gasteiger partial charge in [-0.15, -0.1) is 11.3 Å². The first-order valence-electron chi connectivity index (χ1n) is 8.46. The van der Waals surface area contributed by atoms with Crippen molar-refractivity contribution in [2.24, 2.45) is 5.73 Å². The highest BCUT2D eigenvalue weighted by Gasteiger charge is 2.21. The molecule has 142 valence electrons. The number of nitrogens with two attached hydrogens (primary N) is 1. The number of thiazole rings is 1. The SMILES string of the molecule is Cc1cc(-c2ccc(Cl)cc2)[nH]c1C(=O)NC(CN)c1nc(C)c(CO)s1. The maximum Gasteiger partial charge on any atom is 0.268 e. The van der Waals surface area contributed by atoms with Gasteiger partial charge in [0.15, 0.2) is 0 Å². The predicted octanol–water partition coefficient (Wildman–Crippen LogP) is 3.33. The number of aliphatic hydroxyl groups is 1. The molecule has 3 aromatic rings. The summed E-state index contributed by atoms with van der Waals surface area (Å²) in [6, 6.07) is 8.91. The van der Waals surface area contributed by atoms with Gasteiger partial charge in [-0.25, -0.2) is 4.98 Å². The molecule has 1 unspecified atom stereocenters. The van der Waals surface area contributed by atoms with E-state index in [1.165, 1.54) is 11.3 Å². The van der Waals surface area contributed by atoms with Crippen LogP contribution in [0.4, 0.5) is 0 Å².